The van der Waals surface area contributed by atoms with Gasteiger partial charge in [0.2, 0.25) is 10.0 Å². The lowest BCUT2D eigenvalue weighted by Gasteiger charge is -2.07. The number of carboxylic acids is 1. The van der Waals surface area contributed by atoms with E-state index in [0.29, 0.717) is 0 Å². The number of carboxylic acid groups (broad SMARTS) is 1. The molecule has 8 nitrogen and oxygen atoms in total. The van der Waals surface area contributed by atoms with E-state index in [4.69, 9.17) is 5.11 Å². The molecule has 1 amide bonds. The fourth-order valence-electron chi connectivity index (χ4n) is 1.38. The number of pyridine rings is 1. The molecule has 1 aromatic heterocycles. The average molecular weight is 301 g/mol. The topological polar surface area (TPSA) is 125 Å². The first kappa shape index (κ1) is 16.1. The summed E-state index contributed by atoms with van der Waals surface area (Å²) in [5.74, 6) is -2.04. The van der Waals surface area contributed by atoms with Crippen LogP contribution in [0.3, 0.4) is 0 Å². The Morgan fingerprint density at radius 2 is 2.10 bits per heavy atom. The molecular formula is C11H15N3O5S. The lowest BCUT2D eigenvalue weighted by atomic mass is 10.2. The zero-order valence-electron chi connectivity index (χ0n) is 10.8. The van der Waals surface area contributed by atoms with E-state index in [-0.39, 0.29) is 30.1 Å². The molecule has 0 atom stereocenters. The summed E-state index contributed by atoms with van der Waals surface area (Å²) in [6.45, 7) is 1.86. The van der Waals surface area contributed by atoms with Crippen molar-refractivity contribution in [3.63, 3.8) is 0 Å². The maximum atomic E-state index is 11.7. The van der Waals surface area contributed by atoms with Crippen LogP contribution in [0, 0.1) is 0 Å². The van der Waals surface area contributed by atoms with Crippen molar-refractivity contribution < 1.29 is 23.1 Å². The summed E-state index contributed by atoms with van der Waals surface area (Å²) in [6.07, 6.45) is 1.20. The van der Waals surface area contributed by atoms with Gasteiger partial charge in [0.15, 0.2) is 0 Å². The monoisotopic (exact) mass is 301 g/mol. The molecule has 3 N–H and O–H groups in total. The molecule has 0 spiro atoms. The number of hydrogen-bond acceptors (Lipinski definition) is 5. The van der Waals surface area contributed by atoms with Gasteiger partial charge in [0.1, 0.15) is 5.69 Å². The molecule has 0 fully saturated rings. The van der Waals surface area contributed by atoms with Crippen LogP contribution in [0.2, 0.25) is 0 Å². The van der Waals surface area contributed by atoms with E-state index in [1.54, 1.807) is 6.92 Å². The molecule has 0 unspecified atom stereocenters. The molecule has 1 heterocycles. The highest BCUT2D eigenvalue weighted by Crippen LogP contribution is 2.01. The first-order chi connectivity index (χ1) is 9.35. The maximum Gasteiger partial charge on any atom is 0.354 e. The molecule has 0 radical (unpaired) electrons. The summed E-state index contributed by atoms with van der Waals surface area (Å²) in [5.41, 5.74) is -0.142. The van der Waals surface area contributed by atoms with Crippen LogP contribution in [0.5, 0.6) is 0 Å². The number of aromatic nitrogens is 1. The van der Waals surface area contributed by atoms with Crippen LogP contribution in [0.4, 0.5) is 0 Å². The number of rotatable bonds is 7. The molecule has 20 heavy (non-hydrogen) atoms. The van der Waals surface area contributed by atoms with E-state index < -0.39 is 21.9 Å². The Labute approximate surface area is 116 Å². The molecule has 0 saturated heterocycles. The summed E-state index contributed by atoms with van der Waals surface area (Å²) in [6, 6.07) is 2.47. The molecule has 0 aliphatic heterocycles. The lowest BCUT2D eigenvalue weighted by molar-refractivity contribution is 0.0690. The minimum atomic E-state index is -3.40. The summed E-state index contributed by atoms with van der Waals surface area (Å²) >= 11 is 0. The molecule has 0 aromatic carbocycles. The van der Waals surface area contributed by atoms with Crippen molar-refractivity contribution in [3.05, 3.63) is 29.6 Å². The second-order valence-electron chi connectivity index (χ2n) is 3.81. The van der Waals surface area contributed by atoms with Gasteiger partial charge in [-0.05, 0) is 12.1 Å². The van der Waals surface area contributed by atoms with Gasteiger partial charge in [-0.2, -0.15) is 0 Å². The minimum Gasteiger partial charge on any atom is -0.477 e. The third-order valence-corrected chi connectivity index (χ3v) is 3.73. The van der Waals surface area contributed by atoms with Crippen molar-refractivity contribution in [3.8, 4) is 0 Å². The van der Waals surface area contributed by atoms with E-state index in [9.17, 15) is 18.0 Å². The smallest absolute Gasteiger partial charge is 0.354 e. The number of amides is 1. The van der Waals surface area contributed by atoms with Crippen LogP contribution < -0.4 is 10.0 Å². The van der Waals surface area contributed by atoms with E-state index in [2.05, 4.69) is 15.0 Å². The molecule has 0 saturated carbocycles. The molecule has 0 aliphatic carbocycles. The maximum absolute atomic E-state index is 11.7. The zero-order chi connectivity index (χ0) is 15.2. The fourth-order valence-corrected chi connectivity index (χ4v) is 2.34. The SMILES string of the molecule is CCNS(=O)(=O)CCNC(=O)c1ccnc(C(=O)O)c1. The van der Waals surface area contributed by atoms with E-state index in [1.165, 1.54) is 12.3 Å². The highest BCUT2D eigenvalue weighted by Gasteiger charge is 2.12. The molecule has 9 heteroatoms. The predicted octanol–water partition coefficient (Wildman–Crippen LogP) is -0.551. The van der Waals surface area contributed by atoms with Gasteiger partial charge in [0.25, 0.3) is 5.91 Å². The number of nitrogens with zero attached hydrogens (tertiary/aromatic N) is 1. The zero-order valence-corrected chi connectivity index (χ0v) is 11.6. The van der Waals surface area contributed by atoms with Gasteiger partial charge in [-0.25, -0.2) is 22.9 Å². The van der Waals surface area contributed by atoms with Gasteiger partial charge < -0.3 is 10.4 Å². The van der Waals surface area contributed by atoms with E-state index >= 15 is 0 Å². The van der Waals surface area contributed by atoms with Crippen molar-refractivity contribution in [2.75, 3.05) is 18.8 Å². The van der Waals surface area contributed by atoms with Gasteiger partial charge in [0, 0.05) is 24.8 Å². The minimum absolute atomic E-state index is 0.0705. The third-order valence-electron chi connectivity index (χ3n) is 2.26. The first-order valence-electron chi connectivity index (χ1n) is 5.80. The Morgan fingerprint density at radius 3 is 2.70 bits per heavy atom. The molecule has 110 valence electrons. The van der Waals surface area contributed by atoms with Gasteiger partial charge in [-0.1, -0.05) is 6.92 Å². The Hall–Kier alpha value is -2.00. The molecular weight excluding hydrogens is 286 g/mol. The highest BCUT2D eigenvalue weighted by atomic mass is 32.2. The summed E-state index contributed by atoms with van der Waals surface area (Å²) in [4.78, 5) is 26.0. The number of aromatic carboxylic acids is 1. The van der Waals surface area contributed by atoms with Crippen molar-refractivity contribution in [2.24, 2.45) is 0 Å². The van der Waals surface area contributed by atoms with Gasteiger partial charge in [0.05, 0.1) is 5.75 Å². The number of carbonyl (C=O) groups excluding carboxylic acids is 1. The third kappa shape index (κ3) is 4.94. The number of carbonyl (C=O) groups is 2. The van der Waals surface area contributed by atoms with Crippen LogP contribution >= 0.6 is 0 Å². The highest BCUT2D eigenvalue weighted by molar-refractivity contribution is 7.89. The molecule has 0 aliphatic rings. The number of sulfonamides is 1. The Kier molecular flexibility index (Phi) is 5.59. The fraction of sp³-hybridized carbons (Fsp3) is 0.364. The van der Waals surface area contributed by atoms with Gasteiger partial charge >= 0.3 is 5.97 Å². The number of hydrogen-bond donors (Lipinski definition) is 3. The van der Waals surface area contributed by atoms with Crippen LogP contribution in [-0.2, 0) is 10.0 Å². The van der Waals surface area contributed by atoms with Crippen molar-refractivity contribution >= 4 is 21.9 Å². The van der Waals surface area contributed by atoms with Crippen molar-refractivity contribution in [1.29, 1.82) is 0 Å². The van der Waals surface area contributed by atoms with Crippen molar-refractivity contribution in [2.45, 2.75) is 6.92 Å². The summed E-state index contributed by atoms with van der Waals surface area (Å²) in [7, 11) is -3.40. The van der Waals surface area contributed by atoms with Crippen LogP contribution in [-0.4, -0.2) is 49.2 Å². The molecule has 1 aromatic rings. The van der Waals surface area contributed by atoms with Crippen LogP contribution in [0.15, 0.2) is 18.3 Å². The second kappa shape index (κ2) is 6.96. The Bertz CT molecular complexity index is 600. The van der Waals surface area contributed by atoms with Crippen molar-refractivity contribution in [1.82, 2.24) is 15.0 Å². The number of nitrogens with one attached hydrogen (secondary N) is 2. The average Bonchev–Trinajstić information content (AvgIpc) is 2.38. The van der Waals surface area contributed by atoms with Crippen LogP contribution in [0.1, 0.15) is 27.8 Å². The summed E-state index contributed by atoms with van der Waals surface area (Å²) in [5, 5.41) is 11.2. The van der Waals surface area contributed by atoms with Gasteiger partial charge in [-0.15, -0.1) is 0 Å². The lowest BCUT2D eigenvalue weighted by Crippen LogP contribution is -2.34. The summed E-state index contributed by atoms with van der Waals surface area (Å²) < 4.78 is 25.0. The molecule has 0 bridgehead atoms. The largest absolute Gasteiger partial charge is 0.477 e. The van der Waals surface area contributed by atoms with E-state index in [0.717, 1.165) is 6.07 Å². The second-order valence-corrected chi connectivity index (χ2v) is 5.73. The Balaban J connectivity index is 2.60. The first-order valence-corrected chi connectivity index (χ1v) is 7.46. The Morgan fingerprint density at radius 1 is 1.40 bits per heavy atom. The van der Waals surface area contributed by atoms with Crippen LogP contribution in [0.25, 0.3) is 0 Å². The van der Waals surface area contributed by atoms with E-state index in [1.807, 2.05) is 0 Å². The van der Waals surface area contributed by atoms with Gasteiger partial charge in [-0.3, -0.25) is 4.79 Å². The normalized spacial score (nSPS) is 11.1. The quantitative estimate of drug-likeness (QED) is 0.620. The molecule has 1 rings (SSSR count). The predicted molar refractivity (Wildman–Crippen MR) is 71.0 cm³/mol. The standard InChI is InChI=1S/C11H15N3O5S/c1-2-14-20(18,19)6-5-13-10(15)8-3-4-12-9(7-8)11(16)17/h3-4,7,14H,2,5-6H2,1H3,(H,13,15)(H,16,17).